The van der Waals surface area contributed by atoms with E-state index in [1.807, 2.05) is 20.8 Å². The number of hydrogen-bond acceptors (Lipinski definition) is 2. The van der Waals surface area contributed by atoms with Crippen molar-refractivity contribution in [3.63, 3.8) is 0 Å². The Morgan fingerprint density at radius 2 is 1.23 bits per heavy atom. The Labute approximate surface area is 152 Å². The number of aromatic nitrogens is 3. The van der Waals surface area contributed by atoms with Crippen molar-refractivity contribution in [1.29, 1.82) is 0 Å². The van der Waals surface area contributed by atoms with Crippen molar-refractivity contribution in [1.82, 2.24) is 15.2 Å². The molecule has 0 saturated heterocycles. The predicted octanol–water partition coefficient (Wildman–Crippen LogP) is 3.76. The van der Waals surface area contributed by atoms with E-state index in [9.17, 15) is 0 Å². The molecule has 22 heavy (non-hydrogen) atoms. The van der Waals surface area contributed by atoms with Crippen molar-refractivity contribution < 1.29 is 21.7 Å². The van der Waals surface area contributed by atoms with Crippen molar-refractivity contribution in [2.24, 2.45) is 0 Å². The van der Waals surface area contributed by atoms with Crippen LogP contribution in [0, 0.1) is 0 Å². The molecule has 1 rings (SSSR count). The molecule has 0 atom stereocenters. The summed E-state index contributed by atoms with van der Waals surface area (Å²) in [4.78, 5) is 3.97. The molecule has 0 bridgehead atoms. The predicted molar refractivity (Wildman–Crippen MR) is 93.5 cm³/mol. The maximum atomic E-state index is 3.97. The van der Waals surface area contributed by atoms with Crippen LogP contribution in [0.5, 0.6) is 0 Å². The first-order valence-corrected chi connectivity index (χ1v) is 7.33. The Morgan fingerprint density at radius 1 is 0.909 bits per heavy atom. The molecule has 0 aliphatic heterocycles. The zero-order valence-electron chi connectivity index (χ0n) is 15.9. The Bertz CT molecular complexity index is 244. The van der Waals surface area contributed by atoms with Crippen LogP contribution in [-0.4, -0.2) is 50.9 Å². The van der Waals surface area contributed by atoms with Gasteiger partial charge in [-0.15, -0.1) is 0 Å². The minimum Gasteiger partial charge on any atom is -0.665 e. The molecule has 0 fully saturated rings. The molecule has 6 nitrogen and oxygen atoms in total. The summed E-state index contributed by atoms with van der Waals surface area (Å²) in [6.07, 6.45) is 1.47. The molecule has 0 aliphatic rings. The first-order valence-electron chi connectivity index (χ1n) is 7.33. The molecule has 0 spiro atoms. The topological polar surface area (TPSA) is 82.2 Å². The van der Waals surface area contributed by atoms with Gasteiger partial charge in [0.15, 0.2) is 0 Å². The summed E-state index contributed by atoms with van der Waals surface area (Å²) in [5, 5.41) is 18.7. The van der Waals surface area contributed by atoms with Gasteiger partial charge in [0.05, 0.1) is 0 Å². The van der Waals surface area contributed by atoms with E-state index in [1.165, 1.54) is 6.33 Å². The summed E-state index contributed by atoms with van der Waals surface area (Å²) in [6, 6.07) is 0. The van der Waals surface area contributed by atoms with Gasteiger partial charge in [0.25, 0.3) is 0 Å². The summed E-state index contributed by atoms with van der Waals surface area (Å²) in [7, 11) is 5.42. The fraction of sp³-hybridized carbons (Fsp3) is 0.867. The van der Waals surface area contributed by atoms with Crippen molar-refractivity contribution in [2.45, 2.75) is 47.0 Å². The van der Waals surface area contributed by atoms with Crippen LogP contribution in [0.25, 0.3) is 16.0 Å². The molecular weight excluding hydrogens is 312 g/mol. The second kappa shape index (κ2) is 23.0. The minimum atomic E-state index is 0. The average Bonchev–Trinajstić information content (AvgIpc) is 3.02. The third kappa shape index (κ3) is 28.0. The van der Waals surface area contributed by atoms with Gasteiger partial charge in [-0.05, 0) is 0 Å². The van der Waals surface area contributed by atoms with Gasteiger partial charge < -0.3 is 26.0 Å². The smallest absolute Gasteiger partial charge is 0.665 e. The van der Waals surface area contributed by atoms with Crippen molar-refractivity contribution in [3.8, 4) is 0 Å². The number of nitrogens with zero attached hydrogens (tertiary/aromatic N) is 6. The van der Waals surface area contributed by atoms with E-state index in [0.29, 0.717) is 0 Å². The maximum Gasteiger partial charge on any atom is 4.00 e. The summed E-state index contributed by atoms with van der Waals surface area (Å²) in [5.74, 6) is 0.808. The summed E-state index contributed by atoms with van der Waals surface area (Å²) >= 11 is 0. The Morgan fingerprint density at radius 3 is 1.32 bits per heavy atom. The molecule has 0 N–H and O–H groups in total. The summed E-state index contributed by atoms with van der Waals surface area (Å²) in [6.45, 7) is 15.1. The van der Waals surface area contributed by atoms with E-state index in [-0.39, 0.29) is 27.1 Å². The van der Waals surface area contributed by atoms with Crippen LogP contribution in [0.2, 0.25) is 0 Å². The molecule has 1 aromatic heterocycles. The zero-order chi connectivity index (χ0) is 17.1. The first-order chi connectivity index (χ1) is 9.85. The summed E-state index contributed by atoms with van der Waals surface area (Å²) < 4.78 is 0. The summed E-state index contributed by atoms with van der Waals surface area (Å²) in [5.41, 5.74) is 0.0382. The van der Waals surface area contributed by atoms with Gasteiger partial charge in [-0.1, -0.05) is 47.9 Å². The van der Waals surface area contributed by atoms with Crippen LogP contribution < -0.4 is 5.10 Å². The van der Waals surface area contributed by atoms with E-state index in [2.05, 4.69) is 51.9 Å². The van der Waals surface area contributed by atoms with Crippen LogP contribution in [0.3, 0.4) is 0 Å². The SMILES string of the molecule is CC(C)(C)c1nc[n-]n1.CC[N-]C.CC[N-]C.CC[N-]C.[Ti+4]. The Hall–Kier alpha value is -0.266. The monoisotopic (exact) mass is 346 g/mol. The van der Waals surface area contributed by atoms with Crippen molar-refractivity contribution in [3.05, 3.63) is 28.1 Å². The molecule has 128 valence electrons. The van der Waals surface area contributed by atoms with Crippen molar-refractivity contribution >= 4 is 0 Å². The van der Waals surface area contributed by atoms with E-state index in [4.69, 9.17) is 0 Å². The largest absolute Gasteiger partial charge is 4.00 e. The third-order valence-electron chi connectivity index (χ3n) is 2.00. The quantitative estimate of drug-likeness (QED) is 0.781. The van der Waals surface area contributed by atoms with Crippen LogP contribution in [-0.2, 0) is 27.1 Å². The van der Waals surface area contributed by atoms with E-state index >= 15 is 0 Å². The Balaban J connectivity index is -0.000000107. The first kappa shape index (κ1) is 29.7. The molecule has 0 radical (unpaired) electrons. The van der Waals surface area contributed by atoms with E-state index in [1.54, 1.807) is 21.1 Å². The van der Waals surface area contributed by atoms with Gasteiger partial charge in [-0.2, -0.15) is 40.8 Å². The molecule has 1 aromatic rings. The van der Waals surface area contributed by atoms with E-state index in [0.717, 1.165) is 25.5 Å². The standard InChI is InChI=1S/C6H10N3.3C3H8N.Ti/c1-6(2,3)5-7-4-8-9-5;3*1-3-4-2;/h4H,1-3H3;3*3H2,1-2H3;/q4*-1;+4. The van der Waals surface area contributed by atoms with Gasteiger partial charge in [-0.3, -0.25) is 5.10 Å². The third-order valence-corrected chi connectivity index (χ3v) is 2.00. The van der Waals surface area contributed by atoms with E-state index < -0.39 is 0 Å². The van der Waals surface area contributed by atoms with Gasteiger partial charge in [0, 0.05) is 11.2 Å². The van der Waals surface area contributed by atoms with Crippen LogP contribution >= 0.6 is 0 Å². The van der Waals surface area contributed by atoms with Crippen molar-refractivity contribution in [2.75, 3.05) is 40.8 Å². The average molecular weight is 346 g/mol. The van der Waals surface area contributed by atoms with Gasteiger partial charge in [0.2, 0.25) is 0 Å². The molecule has 0 aromatic carbocycles. The minimum absolute atomic E-state index is 0. The van der Waals surface area contributed by atoms with Gasteiger partial charge in [-0.25, -0.2) is 0 Å². The maximum absolute atomic E-state index is 3.97. The normalized spacial score (nSPS) is 8.95. The second-order valence-electron chi connectivity index (χ2n) is 4.93. The molecule has 1 heterocycles. The molecular formula is C15H34N6Ti. The fourth-order valence-electron chi connectivity index (χ4n) is 0.530. The molecule has 7 heteroatoms. The van der Waals surface area contributed by atoms with Crippen LogP contribution in [0.15, 0.2) is 6.33 Å². The Kier molecular flexibility index (Phi) is 31.1. The molecule has 0 unspecified atom stereocenters. The van der Waals surface area contributed by atoms with Gasteiger partial charge in [0.1, 0.15) is 0 Å². The molecule has 0 amide bonds. The zero-order valence-corrected chi connectivity index (χ0v) is 17.4. The van der Waals surface area contributed by atoms with Crippen LogP contribution in [0.4, 0.5) is 0 Å². The second-order valence-corrected chi connectivity index (χ2v) is 4.93. The van der Waals surface area contributed by atoms with Gasteiger partial charge >= 0.3 is 21.7 Å². The molecule has 0 saturated carbocycles. The number of hydrogen-bond donors (Lipinski definition) is 0. The number of rotatable bonds is 3. The van der Waals surface area contributed by atoms with Crippen LogP contribution in [0.1, 0.15) is 47.4 Å². The molecule has 0 aliphatic carbocycles. The fourth-order valence-corrected chi connectivity index (χ4v) is 0.530.